The number of methoxy groups -OCH3 is 1. The van der Waals surface area contributed by atoms with Gasteiger partial charge in [0.2, 0.25) is 10.0 Å². The molecule has 0 radical (unpaired) electrons. The molecule has 1 unspecified atom stereocenters. The fourth-order valence-corrected chi connectivity index (χ4v) is 5.22. The molecule has 1 atom stereocenters. The molecule has 27 heavy (non-hydrogen) atoms. The topological polar surface area (TPSA) is 94.4 Å². The van der Waals surface area contributed by atoms with Crippen molar-refractivity contribution in [1.82, 2.24) is 19.1 Å². The van der Waals surface area contributed by atoms with Crippen molar-refractivity contribution in [3.8, 4) is 5.69 Å². The predicted octanol–water partition coefficient (Wildman–Crippen LogP) is 2.50. The average molecular weight is 406 g/mol. The Kier molecular flexibility index (Phi) is 5.40. The van der Waals surface area contributed by atoms with Gasteiger partial charge in [0, 0.05) is 13.1 Å². The van der Waals surface area contributed by atoms with Gasteiger partial charge in [0.15, 0.2) is 0 Å². The number of thiophene rings is 1. The molecule has 0 saturated heterocycles. The number of aromatic nitrogens is 3. The summed E-state index contributed by atoms with van der Waals surface area (Å²) in [5, 5.41) is 5.62. The molecular weight excluding hydrogens is 388 g/mol. The first-order valence-corrected chi connectivity index (χ1v) is 10.3. The predicted molar refractivity (Wildman–Crippen MR) is 100 cm³/mol. The van der Waals surface area contributed by atoms with E-state index in [4.69, 9.17) is 0 Å². The number of hydrogen-bond acceptors (Lipinski definition) is 7. The number of rotatable bonds is 6. The van der Waals surface area contributed by atoms with Crippen molar-refractivity contribution in [2.45, 2.75) is 17.9 Å². The van der Waals surface area contributed by atoms with Crippen LogP contribution in [-0.4, -0.2) is 47.6 Å². The Morgan fingerprint density at radius 2 is 1.96 bits per heavy atom. The van der Waals surface area contributed by atoms with Crippen LogP contribution in [0.1, 0.15) is 28.2 Å². The van der Waals surface area contributed by atoms with E-state index in [-0.39, 0.29) is 9.77 Å². The van der Waals surface area contributed by atoms with Gasteiger partial charge in [-0.3, -0.25) is 0 Å². The van der Waals surface area contributed by atoms with Crippen molar-refractivity contribution in [2.24, 2.45) is 0 Å². The van der Waals surface area contributed by atoms with E-state index < -0.39 is 22.0 Å². The molecule has 142 valence electrons. The van der Waals surface area contributed by atoms with Crippen LogP contribution in [0.2, 0.25) is 0 Å². The van der Waals surface area contributed by atoms with Crippen LogP contribution in [0.15, 0.2) is 53.3 Å². The molecule has 3 aromatic rings. The van der Waals surface area contributed by atoms with Crippen molar-refractivity contribution < 1.29 is 17.9 Å². The van der Waals surface area contributed by atoms with Crippen LogP contribution in [0.3, 0.4) is 0 Å². The smallest absolute Gasteiger partial charge is 0.349 e. The van der Waals surface area contributed by atoms with Gasteiger partial charge in [-0.25, -0.2) is 22.9 Å². The fraction of sp³-hybridized carbons (Fsp3) is 0.235. The minimum atomic E-state index is -3.87. The molecule has 10 heteroatoms. The molecule has 0 spiro atoms. The summed E-state index contributed by atoms with van der Waals surface area (Å²) in [5.74, 6) is -0.665. The molecule has 0 aliphatic carbocycles. The van der Waals surface area contributed by atoms with Gasteiger partial charge in [-0.1, -0.05) is 12.1 Å². The van der Waals surface area contributed by atoms with E-state index in [0.29, 0.717) is 0 Å². The number of sulfonamides is 1. The molecule has 0 N–H and O–H groups in total. The highest BCUT2D eigenvalue weighted by Gasteiger charge is 2.31. The summed E-state index contributed by atoms with van der Waals surface area (Å²) in [6, 6.07) is 8.33. The Morgan fingerprint density at radius 3 is 2.56 bits per heavy atom. The standard InChI is InChI=1S/C17H18N4O4S2/c1-12(13-4-6-14(7-5-13)21-11-18-10-19-21)20(2)27(23,24)15-8-9-26-16(15)17(22)25-3/h4-12H,1-3H3. The lowest BCUT2D eigenvalue weighted by atomic mass is 10.1. The Labute approximate surface area is 161 Å². The van der Waals surface area contributed by atoms with Gasteiger partial charge < -0.3 is 4.74 Å². The molecule has 0 amide bonds. The first kappa shape index (κ1) is 19.2. The van der Waals surface area contributed by atoms with Crippen molar-refractivity contribution in [3.63, 3.8) is 0 Å². The maximum atomic E-state index is 13.0. The molecule has 1 aromatic carbocycles. The van der Waals surface area contributed by atoms with E-state index in [0.717, 1.165) is 22.6 Å². The SMILES string of the molecule is COC(=O)c1sccc1S(=O)(=O)N(C)C(C)c1ccc(-n2cncn2)cc1. The van der Waals surface area contributed by atoms with E-state index in [1.807, 2.05) is 24.3 Å². The first-order chi connectivity index (χ1) is 12.9. The van der Waals surface area contributed by atoms with Gasteiger partial charge in [0.1, 0.15) is 22.4 Å². The van der Waals surface area contributed by atoms with Crippen molar-refractivity contribution in [3.05, 3.63) is 58.8 Å². The lowest BCUT2D eigenvalue weighted by Crippen LogP contribution is -2.30. The third-order valence-corrected chi connectivity index (χ3v) is 7.26. The third-order valence-electron chi connectivity index (χ3n) is 4.26. The van der Waals surface area contributed by atoms with Crippen molar-refractivity contribution in [1.29, 1.82) is 0 Å². The van der Waals surface area contributed by atoms with Gasteiger partial charge >= 0.3 is 5.97 Å². The minimum Gasteiger partial charge on any atom is -0.465 e. The number of esters is 1. The lowest BCUT2D eigenvalue weighted by molar-refractivity contribution is 0.0602. The number of carbonyl (C=O) groups is 1. The normalized spacial score (nSPS) is 12.9. The van der Waals surface area contributed by atoms with Crippen LogP contribution in [0.5, 0.6) is 0 Å². The number of carbonyl (C=O) groups excluding carboxylic acids is 1. The second-order valence-corrected chi connectivity index (χ2v) is 8.62. The number of hydrogen-bond donors (Lipinski definition) is 0. The Hall–Kier alpha value is -2.56. The van der Waals surface area contributed by atoms with E-state index in [2.05, 4.69) is 14.8 Å². The molecule has 8 nitrogen and oxygen atoms in total. The van der Waals surface area contributed by atoms with E-state index in [1.54, 1.807) is 23.3 Å². The molecule has 0 aliphatic rings. The molecule has 2 heterocycles. The monoisotopic (exact) mass is 406 g/mol. The summed E-state index contributed by atoms with van der Waals surface area (Å²) in [5.41, 5.74) is 1.62. The molecule has 0 fully saturated rings. The van der Waals surface area contributed by atoms with E-state index in [1.165, 1.54) is 30.9 Å². The van der Waals surface area contributed by atoms with Gasteiger partial charge in [0.25, 0.3) is 0 Å². The molecule has 0 aliphatic heterocycles. The quantitative estimate of drug-likeness (QED) is 0.584. The van der Waals surface area contributed by atoms with Crippen LogP contribution in [-0.2, 0) is 14.8 Å². The zero-order valence-electron chi connectivity index (χ0n) is 14.9. The largest absolute Gasteiger partial charge is 0.465 e. The maximum Gasteiger partial charge on any atom is 0.349 e. The number of benzene rings is 1. The van der Waals surface area contributed by atoms with Crippen LogP contribution in [0, 0.1) is 0 Å². The van der Waals surface area contributed by atoms with Gasteiger partial charge in [-0.15, -0.1) is 11.3 Å². The lowest BCUT2D eigenvalue weighted by Gasteiger charge is -2.24. The summed E-state index contributed by atoms with van der Waals surface area (Å²) in [6.45, 7) is 1.78. The zero-order chi connectivity index (χ0) is 19.6. The Morgan fingerprint density at radius 1 is 1.26 bits per heavy atom. The van der Waals surface area contributed by atoms with E-state index >= 15 is 0 Å². The molecule has 2 aromatic heterocycles. The van der Waals surface area contributed by atoms with Crippen LogP contribution in [0.25, 0.3) is 5.69 Å². The summed E-state index contributed by atoms with van der Waals surface area (Å²) in [7, 11) is -1.15. The molecule has 0 saturated carbocycles. The van der Waals surface area contributed by atoms with E-state index in [9.17, 15) is 13.2 Å². The molecule has 3 rings (SSSR count). The van der Waals surface area contributed by atoms with Crippen LogP contribution in [0.4, 0.5) is 0 Å². The summed E-state index contributed by atoms with van der Waals surface area (Å²) >= 11 is 1.04. The summed E-state index contributed by atoms with van der Waals surface area (Å²) < 4.78 is 33.5. The maximum absolute atomic E-state index is 13.0. The van der Waals surface area contributed by atoms with Crippen molar-refractivity contribution >= 4 is 27.3 Å². The highest BCUT2D eigenvalue weighted by molar-refractivity contribution is 7.89. The Balaban J connectivity index is 1.87. The van der Waals surface area contributed by atoms with Gasteiger partial charge in [-0.05, 0) is 36.1 Å². The second-order valence-electron chi connectivity index (χ2n) is 5.73. The fourth-order valence-electron chi connectivity index (χ4n) is 2.56. The van der Waals surface area contributed by atoms with Gasteiger partial charge in [-0.2, -0.15) is 9.40 Å². The van der Waals surface area contributed by atoms with Crippen LogP contribution >= 0.6 is 11.3 Å². The highest BCUT2D eigenvalue weighted by atomic mass is 32.2. The second kappa shape index (κ2) is 7.59. The van der Waals surface area contributed by atoms with Crippen LogP contribution < -0.4 is 0 Å². The van der Waals surface area contributed by atoms with Gasteiger partial charge in [0.05, 0.1) is 12.8 Å². The minimum absolute atomic E-state index is 0.0482. The number of nitrogens with zero attached hydrogens (tertiary/aromatic N) is 4. The van der Waals surface area contributed by atoms with Crippen molar-refractivity contribution in [2.75, 3.05) is 14.2 Å². The third kappa shape index (κ3) is 3.64. The highest BCUT2D eigenvalue weighted by Crippen LogP contribution is 2.30. The molecule has 0 bridgehead atoms. The first-order valence-electron chi connectivity index (χ1n) is 7.95. The summed E-state index contributed by atoms with van der Waals surface area (Å²) in [6.07, 6.45) is 3.02. The molecular formula is C17H18N4O4S2. The average Bonchev–Trinajstić information content (AvgIpc) is 3.38. The summed E-state index contributed by atoms with van der Waals surface area (Å²) in [4.78, 5) is 15.8. The zero-order valence-corrected chi connectivity index (χ0v) is 16.6. The Bertz CT molecular complexity index is 1030. The number of ether oxygens (including phenoxy) is 1.